The first-order valence-corrected chi connectivity index (χ1v) is 5.68. The van der Waals surface area contributed by atoms with Gasteiger partial charge in [0.2, 0.25) is 0 Å². The van der Waals surface area contributed by atoms with Crippen molar-refractivity contribution >= 4 is 0 Å². The molecule has 1 aromatic rings. The van der Waals surface area contributed by atoms with E-state index in [-0.39, 0.29) is 5.69 Å². The van der Waals surface area contributed by atoms with Crippen LogP contribution in [-0.2, 0) is 6.42 Å². The lowest BCUT2D eigenvalue weighted by Crippen LogP contribution is -2.10. The van der Waals surface area contributed by atoms with Crippen molar-refractivity contribution in [2.45, 2.75) is 32.6 Å². The Kier molecular flexibility index (Phi) is 2.95. The van der Waals surface area contributed by atoms with Crippen LogP contribution in [-0.4, -0.2) is 23.1 Å². The molecule has 1 aromatic heterocycles. The van der Waals surface area contributed by atoms with Crippen LogP contribution in [0.5, 0.6) is 0 Å². The first-order valence-electron chi connectivity index (χ1n) is 5.68. The largest absolute Gasteiger partial charge is 0.323 e. The average molecular weight is 209 g/mol. The van der Waals surface area contributed by atoms with Crippen molar-refractivity contribution in [3.63, 3.8) is 0 Å². The fraction of sp³-hybridized carbons (Fsp3) is 0.727. The van der Waals surface area contributed by atoms with Gasteiger partial charge in [-0.3, -0.25) is 0 Å². The van der Waals surface area contributed by atoms with Crippen molar-refractivity contribution < 1.29 is 0 Å². The van der Waals surface area contributed by atoms with Gasteiger partial charge in [0.1, 0.15) is 0 Å². The van der Waals surface area contributed by atoms with Gasteiger partial charge in [-0.05, 0) is 25.3 Å². The van der Waals surface area contributed by atoms with Crippen LogP contribution in [0.2, 0.25) is 0 Å². The number of nitrogens with one attached hydrogen (secondary N) is 3. The maximum absolute atomic E-state index is 11.3. The van der Waals surface area contributed by atoms with Crippen molar-refractivity contribution in [3.8, 4) is 0 Å². The molecule has 1 fully saturated rings. The van der Waals surface area contributed by atoms with Crippen molar-refractivity contribution in [2.24, 2.45) is 5.92 Å². The van der Waals surface area contributed by atoms with Crippen LogP contribution >= 0.6 is 0 Å². The zero-order chi connectivity index (χ0) is 10.8. The average Bonchev–Trinajstić information content (AvgIpc) is 2.72. The molecule has 1 atom stereocenters. The minimum absolute atomic E-state index is 0.0625. The van der Waals surface area contributed by atoms with Gasteiger partial charge in [0, 0.05) is 23.9 Å². The highest BCUT2D eigenvalue weighted by Gasteiger charge is 2.22. The van der Waals surface area contributed by atoms with Crippen LogP contribution in [0.1, 0.15) is 37.6 Å². The van der Waals surface area contributed by atoms with Gasteiger partial charge >= 0.3 is 5.69 Å². The molecule has 0 bridgehead atoms. The zero-order valence-electron chi connectivity index (χ0n) is 9.39. The molecule has 1 aliphatic heterocycles. The second-order valence-corrected chi connectivity index (χ2v) is 4.76. The van der Waals surface area contributed by atoms with E-state index in [0.29, 0.717) is 11.8 Å². The summed E-state index contributed by atoms with van der Waals surface area (Å²) in [6, 6.07) is 0. The fourth-order valence-electron chi connectivity index (χ4n) is 2.25. The van der Waals surface area contributed by atoms with E-state index in [9.17, 15) is 4.79 Å². The lowest BCUT2D eigenvalue weighted by atomic mass is 9.98. The van der Waals surface area contributed by atoms with E-state index < -0.39 is 0 Å². The van der Waals surface area contributed by atoms with Gasteiger partial charge in [-0.25, -0.2) is 4.79 Å². The van der Waals surface area contributed by atoms with E-state index in [1.165, 1.54) is 0 Å². The molecule has 0 amide bonds. The quantitative estimate of drug-likeness (QED) is 0.695. The Labute approximate surface area is 89.5 Å². The summed E-state index contributed by atoms with van der Waals surface area (Å²) >= 11 is 0. The van der Waals surface area contributed by atoms with Crippen LogP contribution < -0.4 is 11.0 Å². The Morgan fingerprint density at radius 1 is 1.40 bits per heavy atom. The molecule has 1 saturated heterocycles. The summed E-state index contributed by atoms with van der Waals surface area (Å²) in [5.74, 6) is 1.06. The number of aromatic amines is 2. The Morgan fingerprint density at radius 2 is 2.20 bits per heavy atom. The number of rotatable bonds is 3. The van der Waals surface area contributed by atoms with Gasteiger partial charge in [-0.15, -0.1) is 0 Å². The highest BCUT2D eigenvalue weighted by Crippen LogP contribution is 2.23. The minimum Gasteiger partial charge on any atom is -0.316 e. The summed E-state index contributed by atoms with van der Waals surface area (Å²) in [7, 11) is 0. The van der Waals surface area contributed by atoms with Crippen LogP contribution in [0.25, 0.3) is 0 Å². The predicted octanol–water partition coefficient (Wildman–Crippen LogP) is 0.978. The van der Waals surface area contributed by atoms with Gasteiger partial charge in [0.15, 0.2) is 0 Å². The zero-order valence-corrected chi connectivity index (χ0v) is 9.39. The van der Waals surface area contributed by atoms with Crippen molar-refractivity contribution in [3.05, 3.63) is 21.9 Å². The molecule has 4 nitrogen and oxygen atoms in total. The summed E-state index contributed by atoms with van der Waals surface area (Å²) in [4.78, 5) is 17.2. The Hall–Kier alpha value is -1.03. The molecule has 0 spiro atoms. The van der Waals surface area contributed by atoms with E-state index in [0.717, 1.165) is 37.3 Å². The van der Waals surface area contributed by atoms with Crippen molar-refractivity contribution in [1.29, 1.82) is 0 Å². The lowest BCUT2D eigenvalue weighted by molar-refractivity contribution is 0.621. The number of hydrogen-bond acceptors (Lipinski definition) is 2. The molecule has 2 rings (SSSR count). The lowest BCUT2D eigenvalue weighted by Gasteiger charge is -2.10. The molecule has 0 aliphatic carbocycles. The monoisotopic (exact) mass is 209 g/mol. The standard InChI is InChI=1S/C11H19N3O/c1-7(2)5-9-10(14-11(15)13-9)8-3-4-12-6-8/h7-8,12H,3-6H2,1-2H3,(H2,13,14,15). The van der Waals surface area contributed by atoms with Gasteiger partial charge in [0.05, 0.1) is 0 Å². The molecule has 3 N–H and O–H groups in total. The second kappa shape index (κ2) is 4.23. The Bertz CT molecular complexity index is 371. The summed E-state index contributed by atoms with van der Waals surface area (Å²) in [6.07, 6.45) is 2.07. The third-order valence-electron chi connectivity index (χ3n) is 2.92. The highest BCUT2D eigenvalue weighted by atomic mass is 16.1. The smallest absolute Gasteiger partial charge is 0.316 e. The highest BCUT2D eigenvalue weighted by molar-refractivity contribution is 5.18. The van der Waals surface area contributed by atoms with E-state index in [1.807, 2.05) is 0 Å². The molecule has 0 radical (unpaired) electrons. The molecule has 1 unspecified atom stereocenters. The van der Waals surface area contributed by atoms with Crippen LogP contribution in [0.15, 0.2) is 4.79 Å². The SMILES string of the molecule is CC(C)Cc1[nH]c(=O)[nH]c1C1CCNC1. The third kappa shape index (κ3) is 2.31. The number of H-pyrrole nitrogens is 2. The van der Waals surface area contributed by atoms with Crippen LogP contribution in [0.3, 0.4) is 0 Å². The topological polar surface area (TPSA) is 60.7 Å². The Balaban J connectivity index is 2.24. The molecule has 15 heavy (non-hydrogen) atoms. The van der Waals surface area contributed by atoms with E-state index in [2.05, 4.69) is 29.1 Å². The summed E-state index contributed by atoms with van der Waals surface area (Å²) in [5.41, 5.74) is 2.16. The fourth-order valence-corrected chi connectivity index (χ4v) is 2.25. The Morgan fingerprint density at radius 3 is 2.80 bits per heavy atom. The maximum atomic E-state index is 11.3. The van der Waals surface area contributed by atoms with Crippen molar-refractivity contribution in [1.82, 2.24) is 15.3 Å². The molecular weight excluding hydrogens is 190 g/mol. The van der Waals surface area contributed by atoms with Gasteiger partial charge < -0.3 is 15.3 Å². The molecule has 84 valence electrons. The molecular formula is C11H19N3O. The molecule has 0 saturated carbocycles. The molecule has 1 aliphatic rings. The van der Waals surface area contributed by atoms with Crippen LogP contribution in [0.4, 0.5) is 0 Å². The van der Waals surface area contributed by atoms with Gasteiger partial charge in [-0.2, -0.15) is 0 Å². The van der Waals surface area contributed by atoms with E-state index in [4.69, 9.17) is 0 Å². The minimum atomic E-state index is -0.0625. The van der Waals surface area contributed by atoms with Gasteiger partial charge in [-0.1, -0.05) is 13.8 Å². The summed E-state index contributed by atoms with van der Waals surface area (Å²) in [5, 5.41) is 3.32. The first kappa shape index (κ1) is 10.5. The molecule has 2 heterocycles. The first-order chi connectivity index (χ1) is 7.16. The predicted molar refractivity (Wildman–Crippen MR) is 60.2 cm³/mol. The normalized spacial score (nSPS) is 21.4. The van der Waals surface area contributed by atoms with Gasteiger partial charge in [0.25, 0.3) is 0 Å². The maximum Gasteiger partial charge on any atom is 0.323 e. The number of aromatic nitrogens is 2. The third-order valence-corrected chi connectivity index (χ3v) is 2.92. The molecule has 4 heteroatoms. The summed E-state index contributed by atoms with van der Waals surface area (Å²) in [6.45, 7) is 6.38. The number of hydrogen-bond donors (Lipinski definition) is 3. The van der Waals surface area contributed by atoms with Crippen molar-refractivity contribution in [2.75, 3.05) is 13.1 Å². The second-order valence-electron chi connectivity index (χ2n) is 4.76. The molecule has 0 aromatic carbocycles. The van der Waals surface area contributed by atoms with E-state index >= 15 is 0 Å². The van der Waals surface area contributed by atoms with E-state index in [1.54, 1.807) is 0 Å². The summed E-state index contributed by atoms with van der Waals surface area (Å²) < 4.78 is 0. The number of imidazole rings is 1. The van der Waals surface area contributed by atoms with Crippen LogP contribution in [0, 0.1) is 5.92 Å².